The minimum absolute atomic E-state index is 0.158. The van der Waals surface area contributed by atoms with Crippen LogP contribution < -0.4 is 4.74 Å². The largest absolute Gasteiger partial charge is 0.493 e. The summed E-state index contributed by atoms with van der Waals surface area (Å²) in [5.74, 6) is 1.51. The van der Waals surface area contributed by atoms with E-state index in [0.29, 0.717) is 23.9 Å². The third kappa shape index (κ3) is 4.60. The summed E-state index contributed by atoms with van der Waals surface area (Å²) in [6.45, 7) is 6.68. The van der Waals surface area contributed by atoms with Gasteiger partial charge in [-0.25, -0.2) is 14.5 Å². The second kappa shape index (κ2) is 9.98. The van der Waals surface area contributed by atoms with Crippen molar-refractivity contribution in [3.63, 3.8) is 0 Å². The van der Waals surface area contributed by atoms with Gasteiger partial charge in [0.15, 0.2) is 11.4 Å². The highest BCUT2D eigenvalue weighted by molar-refractivity contribution is 7.15. The zero-order valence-electron chi connectivity index (χ0n) is 21.4. The van der Waals surface area contributed by atoms with Crippen molar-refractivity contribution in [2.75, 3.05) is 40.8 Å². The van der Waals surface area contributed by atoms with Crippen LogP contribution in [-0.2, 0) is 4.79 Å². The first-order valence-electron chi connectivity index (χ1n) is 12.2. The Morgan fingerprint density at radius 3 is 2.75 bits per heavy atom. The van der Waals surface area contributed by atoms with Crippen LogP contribution in [0.5, 0.6) is 5.75 Å². The summed E-state index contributed by atoms with van der Waals surface area (Å²) in [6.07, 6.45) is 7.53. The molecule has 0 bridgehead atoms. The number of nitrogens with zero attached hydrogens (tertiary/aromatic N) is 7. The number of likely N-dealkylation sites (tertiary alicyclic amines) is 1. The van der Waals surface area contributed by atoms with Crippen LogP contribution in [0.2, 0.25) is 0 Å². The van der Waals surface area contributed by atoms with E-state index in [2.05, 4.69) is 33.9 Å². The van der Waals surface area contributed by atoms with Gasteiger partial charge < -0.3 is 9.64 Å². The maximum Gasteiger partial charge on any atom is 0.236 e. The lowest BCUT2D eigenvalue weighted by Crippen LogP contribution is -2.40. The topological polar surface area (TPSA) is 105 Å². The third-order valence-electron chi connectivity index (χ3n) is 6.80. The van der Waals surface area contributed by atoms with E-state index < -0.39 is 0 Å². The molecule has 1 aliphatic heterocycles. The molecule has 1 saturated heterocycles. The van der Waals surface area contributed by atoms with Crippen molar-refractivity contribution in [2.24, 2.45) is 0 Å². The maximum atomic E-state index is 12.1. The zero-order chi connectivity index (χ0) is 25.4. The van der Waals surface area contributed by atoms with Crippen LogP contribution in [0.15, 0.2) is 24.8 Å². The van der Waals surface area contributed by atoms with Crippen LogP contribution in [0, 0.1) is 0 Å². The molecule has 1 amide bonds. The molecule has 36 heavy (non-hydrogen) atoms. The van der Waals surface area contributed by atoms with Crippen molar-refractivity contribution in [1.82, 2.24) is 39.6 Å². The van der Waals surface area contributed by atoms with E-state index in [9.17, 15) is 4.79 Å². The van der Waals surface area contributed by atoms with E-state index >= 15 is 0 Å². The minimum Gasteiger partial charge on any atom is -0.493 e. The van der Waals surface area contributed by atoms with Crippen molar-refractivity contribution in [3.8, 4) is 27.7 Å². The normalized spacial score (nSPS) is 15.2. The molecule has 1 aliphatic rings. The highest BCUT2D eigenvalue weighted by Gasteiger charge is 2.26. The first-order chi connectivity index (χ1) is 17.4. The summed E-state index contributed by atoms with van der Waals surface area (Å²) in [6, 6.07) is 1.96. The van der Waals surface area contributed by atoms with Gasteiger partial charge in [0.25, 0.3) is 0 Å². The molecule has 4 aromatic rings. The van der Waals surface area contributed by atoms with E-state index in [1.807, 2.05) is 32.6 Å². The van der Waals surface area contributed by atoms with Gasteiger partial charge in [0, 0.05) is 42.5 Å². The van der Waals surface area contributed by atoms with Crippen LogP contribution in [-0.4, -0.2) is 86.3 Å². The van der Waals surface area contributed by atoms with E-state index in [1.165, 1.54) is 11.2 Å². The number of H-pyrrole nitrogens is 1. The Morgan fingerprint density at radius 1 is 1.28 bits per heavy atom. The Labute approximate surface area is 214 Å². The molecule has 5 heterocycles. The molecule has 0 unspecified atom stereocenters. The van der Waals surface area contributed by atoms with Crippen LogP contribution in [0.3, 0.4) is 0 Å². The molecule has 0 spiro atoms. The lowest BCUT2D eigenvalue weighted by Gasteiger charge is -2.31. The predicted octanol–water partition coefficient (Wildman–Crippen LogP) is 3.64. The predicted molar refractivity (Wildman–Crippen MR) is 139 cm³/mol. The molecule has 0 saturated carbocycles. The number of likely N-dealkylation sites (N-methyl/N-ethyl adjacent to an activating group) is 1. The van der Waals surface area contributed by atoms with Crippen molar-refractivity contribution in [3.05, 3.63) is 35.2 Å². The monoisotopic (exact) mass is 508 g/mol. The standard InChI is InChI=1S/C25H32N8O2S/c1-15(2)21-22(17-10-18(35-5)24-27-14-28-33(24)12-17)29-30-23(21)25-26-11-19(36-25)16-6-8-32(9-7-16)13-20(34)31(3)4/h10-12,14-16H,6-9,13H2,1-5H3,(H,29,30). The maximum absolute atomic E-state index is 12.1. The number of thiazole rings is 1. The van der Waals surface area contributed by atoms with E-state index in [0.717, 1.165) is 53.5 Å². The van der Waals surface area contributed by atoms with Gasteiger partial charge in [-0.2, -0.15) is 10.2 Å². The Balaban J connectivity index is 1.39. The highest BCUT2D eigenvalue weighted by Crippen LogP contribution is 2.40. The number of rotatable bonds is 7. The Morgan fingerprint density at radius 2 is 2.06 bits per heavy atom. The molecule has 190 valence electrons. The van der Waals surface area contributed by atoms with Crippen LogP contribution in [0.1, 0.15) is 49.0 Å². The lowest BCUT2D eigenvalue weighted by molar-refractivity contribution is -0.130. The van der Waals surface area contributed by atoms with Gasteiger partial charge in [-0.3, -0.25) is 14.8 Å². The highest BCUT2D eigenvalue weighted by atomic mass is 32.1. The molecule has 11 heteroatoms. The number of pyridine rings is 1. The van der Waals surface area contributed by atoms with Gasteiger partial charge >= 0.3 is 0 Å². The molecule has 4 aromatic heterocycles. The van der Waals surface area contributed by atoms with Crippen molar-refractivity contribution >= 4 is 22.9 Å². The fraction of sp³-hybridized carbons (Fsp3) is 0.480. The molecule has 10 nitrogen and oxygen atoms in total. The number of hydrogen-bond acceptors (Lipinski definition) is 8. The molecular formula is C25H32N8O2S. The summed E-state index contributed by atoms with van der Waals surface area (Å²) in [7, 11) is 5.25. The second-order valence-electron chi connectivity index (χ2n) is 9.75. The number of piperidine rings is 1. The summed E-state index contributed by atoms with van der Waals surface area (Å²) in [4.78, 5) is 26.3. The summed E-state index contributed by atoms with van der Waals surface area (Å²) in [5, 5.41) is 13.2. The van der Waals surface area contributed by atoms with E-state index in [-0.39, 0.29) is 11.8 Å². The van der Waals surface area contributed by atoms with E-state index in [1.54, 1.807) is 27.9 Å². The number of ether oxygens (including phenoxy) is 1. The van der Waals surface area contributed by atoms with E-state index in [4.69, 9.17) is 14.8 Å². The van der Waals surface area contributed by atoms with Crippen molar-refractivity contribution in [2.45, 2.75) is 38.5 Å². The first kappa shape index (κ1) is 24.4. The third-order valence-corrected chi connectivity index (χ3v) is 7.98. The summed E-state index contributed by atoms with van der Waals surface area (Å²) < 4.78 is 7.27. The van der Waals surface area contributed by atoms with Gasteiger partial charge in [0.1, 0.15) is 11.3 Å². The number of aromatic amines is 1. The Kier molecular flexibility index (Phi) is 6.76. The fourth-order valence-corrected chi connectivity index (χ4v) is 5.86. The quantitative estimate of drug-likeness (QED) is 0.406. The Bertz CT molecular complexity index is 1360. The molecule has 5 rings (SSSR count). The van der Waals surface area contributed by atoms with Gasteiger partial charge in [-0.1, -0.05) is 13.8 Å². The molecule has 1 N–H and O–H groups in total. The molecular weight excluding hydrogens is 476 g/mol. The minimum atomic E-state index is 0.158. The van der Waals surface area contributed by atoms with Gasteiger partial charge in [0.2, 0.25) is 5.91 Å². The smallest absolute Gasteiger partial charge is 0.236 e. The van der Waals surface area contributed by atoms with Crippen LogP contribution >= 0.6 is 11.3 Å². The number of carbonyl (C=O) groups excluding carboxylic acids is 1. The average molecular weight is 509 g/mol. The summed E-state index contributed by atoms with van der Waals surface area (Å²) >= 11 is 1.74. The average Bonchev–Trinajstić information content (AvgIpc) is 3.62. The molecule has 0 radical (unpaired) electrons. The number of carbonyl (C=O) groups is 1. The second-order valence-corrected chi connectivity index (χ2v) is 10.8. The number of nitrogens with one attached hydrogen (secondary N) is 1. The lowest BCUT2D eigenvalue weighted by atomic mass is 9.96. The molecule has 0 aromatic carbocycles. The SMILES string of the molecule is COc1cc(-c2n[nH]c(-c3ncc(C4CCN(CC(=O)N(C)C)CC4)s3)c2C(C)C)cn2ncnc12. The van der Waals surface area contributed by atoms with Gasteiger partial charge in [-0.05, 0) is 43.8 Å². The summed E-state index contributed by atoms with van der Waals surface area (Å²) in [5.41, 5.74) is 4.53. The first-order valence-corrected chi connectivity index (χ1v) is 13.0. The van der Waals surface area contributed by atoms with Crippen LogP contribution in [0.4, 0.5) is 0 Å². The van der Waals surface area contributed by atoms with Gasteiger partial charge in [0.05, 0.1) is 25.0 Å². The number of hydrogen-bond donors (Lipinski definition) is 1. The van der Waals surface area contributed by atoms with Crippen molar-refractivity contribution < 1.29 is 9.53 Å². The molecule has 1 fully saturated rings. The number of methoxy groups -OCH3 is 1. The van der Waals surface area contributed by atoms with Gasteiger partial charge in [-0.15, -0.1) is 11.3 Å². The number of aromatic nitrogens is 6. The van der Waals surface area contributed by atoms with Crippen molar-refractivity contribution in [1.29, 1.82) is 0 Å². The molecule has 0 atom stereocenters. The molecule has 0 aliphatic carbocycles. The number of fused-ring (bicyclic) bond motifs is 1. The zero-order valence-corrected chi connectivity index (χ0v) is 22.2. The number of amides is 1. The van der Waals surface area contributed by atoms with Crippen LogP contribution in [0.25, 0.3) is 27.6 Å². The fourth-order valence-electron chi connectivity index (χ4n) is 4.77. The Hall–Kier alpha value is -3.31.